The average Bonchev–Trinajstić information content (AvgIpc) is 3.01. The third kappa shape index (κ3) is 4.39. The maximum atomic E-state index is 11.9. The van der Waals surface area contributed by atoms with Crippen LogP contribution in [0.1, 0.15) is 24.0 Å². The molecule has 3 nitrogen and oxygen atoms in total. The normalized spacial score (nSPS) is 10.9. The van der Waals surface area contributed by atoms with Crippen LogP contribution in [0.3, 0.4) is 0 Å². The van der Waals surface area contributed by atoms with Crippen LogP contribution in [0.15, 0.2) is 54.7 Å². The smallest absolute Gasteiger partial charge is 0.220 e. The minimum absolute atomic E-state index is 0.101. The number of hydrogen-bond donors (Lipinski definition) is 2. The largest absolute Gasteiger partial charge is 0.361 e. The summed E-state index contributed by atoms with van der Waals surface area (Å²) in [7, 11) is 0. The first-order valence-corrected chi connectivity index (χ1v) is 8.66. The number of benzene rings is 2. The minimum atomic E-state index is 0.101. The van der Waals surface area contributed by atoms with Crippen molar-refractivity contribution in [2.45, 2.75) is 25.7 Å². The van der Waals surface area contributed by atoms with Crippen molar-refractivity contribution in [3.8, 4) is 0 Å². The molecule has 0 saturated carbocycles. The van der Waals surface area contributed by atoms with Crippen LogP contribution < -0.4 is 5.32 Å². The monoisotopic (exact) mass is 340 g/mol. The first-order valence-electron chi connectivity index (χ1n) is 8.28. The summed E-state index contributed by atoms with van der Waals surface area (Å²) in [6.45, 7) is 0.707. The maximum Gasteiger partial charge on any atom is 0.220 e. The van der Waals surface area contributed by atoms with Crippen LogP contribution >= 0.6 is 11.6 Å². The van der Waals surface area contributed by atoms with E-state index in [9.17, 15) is 4.79 Å². The van der Waals surface area contributed by atoms with E-state index in [4.69, 9.17) is 11.6 Å². The summed E-state index contributed by atoms with van der Waals surface area (Å²) in [6.07, 6.45) is 5.21. The standard InChI is InChI=1S/C20H21ClN2O/c21-17-10-7-15(8-11-17)9-12-20(24)22-13-3-4-16-14-23-19-6-2-1-5-18(16)19/h1-2,5-8,10-11,14,23H,3-4,9,12-13H2,(H,22,24). The third-order valence-electron chi connectivity index (χ3n) is 4.17. The molecule has 1 heterocycles. The molecule has 1 amide bonds. The van der Waals surface area contributed by atoms with E-state index in [1.165, 1.54) is 16.5 Å². The zero-order valence-electron chi connectivity index (χ0n) is 13.5. The highest BCUT2D eigenvalue weighted by molar-refractivity contribution is 6.30. The Morgan fingerprint density at radius 2 is 1.83 bits per heavy atom. The van der Waals surface area contributed by atoms with E-state index in [0.29, 0.717) is 13.0 Å². The number of rotatable bonds is 7. The summed E-state index contributed by atoms with van der Waals surface area (Å²) in [6, 6.07) is 15.9. The van der Waals surface area contributed by atoms with Gasteiger partial charge in [-0.15, -0.1) is 0 Å². The van der Waals surface area contributed by atoms with Crippen molar-refractivity contribution in [1.29, 1.82) is 0 Å². The van der Waals surface area contributed by atoms with Gasteiger partial charge in [-0.3, -0.25) is 4.79 Å². The molecule has 0 aliphatic rings. The van der Waals surface area contributed by atoms with Gasteiger partial charge in [0, 0.05) is 35.1 Å². The second-order valence-corrected chi connectivity index (χ2v) is 6.38. The first-order chi connectivity index (χ1) is 11.7. The van der Waals surface area contributed by atoms with Crippen LogP contribution in [-0.4, -0.2) is 17.4 Å². The molecule has 3 aromatic rings. The average molecular weight is 341 g/mol. The van der Waals surface area contributed by atoms with E-state index < -0.39 is 0 Å². The van der Waals surface area contributed by atoms with Crippen LogP contribution in [0.25, 0.3) is 10.9 Å². The Hall–Kier alpha value is -2.26. The van der Waals surface area contributed by atoms with Crippen molar-refractivity contribution in [2.75, 3.05) is 6.54 Å². The highest BCUT2D eigenvalue weighted by Crippen LogP contribution is 2.18. The fraction of sp³-hybridized carbons (Fsp3) is 0.250. The number of fused-ring (bicyclic) bond motifs is 1. The Labute approximate surface area is 147 Å². The van der Waals surface area contributed by atoms with Crippen LogP contribution in [0.2, 0.25) is 5.02 Å². The summed E-state index contributed by atoms with van der Waals surface area (Å²) in [5, 5.41) is 4.99. The van der Waals surface area contributed by atoms with Gasteiger partial charge in [0.1, 0.15) is 0 Å². The number of amides is 1. The Bertz CT molecular complexity index is 808. The molecule has 0 saturated heterocycles. The molecule has 124 valence electrons. The molecule has 0 aliphatic heterocycles. The number of aromatic nitrogens is 1. The fourth-order valence-electron chi connectivity index (χ4n) is 2.84. The predicted molar refractivity (Wildman–Crippen MR) is 99.4 cm³/mol. The van der Waals surface area contributed by atoms with Crippen molar-refractivity contribution < 1.29 is 4.79 Å². The topological polar surface area (TPSA) is 44.9 Å². The summed E-state index contributed by atoms with van der Waals surface area (Å²) in [5.41, 5.74) is 3.61. The highest BCUT2D eigenvalue weighted by atomic mass is 35.5. The van der Waals surface area contributed by atoms with Gasteiger partial charge in [0.15, 0.2) is 0 Å². The number of carbonyl (C=O) groups excluding carboxylic acids is 1. The zero-order chi connectivity index (χ0) is 16.8. The molecule has 0 spiro atoms. The molecule has 3 rings (SSSR count). The number of hydrogen-bond acceptors (Lipinski definition) is 1. The van der Waals surface area contributed by atoms with E-state index in [1.54, 1.807) is 0 Å². The van der Waals surface area contributed by atoms with Gasteiger partial charge in [-0.25, -0.2) is 0 Å². The lowest BCUT2D eigenvalue weighted by molar-refractivity contribution is -0.121. The summed E-state index contributed by atoms with van der Waals surface area (Å²) >= 11 is 5.86. The van der Waals surface area contributed by atoms with Gasteiger partial charge in [-0.1, -0.05) is 41.9 Å². The number of aryl methyl sites for hydroxylation is 2. The molecule has 0 aliphatic carbocycles. The first kappa shape index (κ1) is 16.6. The van der Waals surface area contributed by atoms with Gasteiger partial charge in [-0.2, -0.15) is 0 Å². The molecule has 1 aromatic heterocycles. The second-order valence-electron chi connectivity index (χ2n) is 5.94. The number of nitrogens with one attached hydrogen (secondary N) is 2. The van der Waals surface area contributed by atoms with Crippen LogP contribution in [0, 0.1) is 0 Å². The van der Waals surface area contributed by atoms with E-state index >= 15 is 0 Å². The zero-order valence-corrected chi connectivity index (χ0v) is 14.3. The molecule has 4 heteroatoms. The number of aromatic amines is 1. The lowest BCUT2D eigenvalue weighted by Gasteiger charge is -2.05. The maximum absolute atomic E-state index is 11.9. The van der Waals surface area contributed by atoms with E-state index in [1.807, 2.05) is 30.3 Å². The molecule has 24 heavy (non-hydrogen) atoms. The van der Waals surface area contributed by atoms with Gasteiger partial charge in [0.05, 0.1) is 0 Å². The fourth-order valence-corrected chi connectivity index (χ4v) is 2.97. The van der Waals surface area contributed by atoms with Crippen LogP contribution in [0.5, 0.6) is 0 Å². The van der Waals surface area contributed by atoms with Gasteiger partial charge >= 0.3 is 0 Å². The molecule has 2 aromatic carbocycles. The molecule has 0 unspecified atom stereocenters. The number of halogens is 1. The lowest BCUT2D eigenvalue weighted by atomic mass is 10.1. The third-order valence-corrected chi connectivity index (χ3v) is 4.43. The summed E-state index contributed by atoms with van der Waals surface area (Å²) in [5.74, 6) is 0.101. The van der Waals surface area contributed by atoms with Crippen molar-refractivity contribution in [1.82, 2.24) is 10.3 Å². The summed E-state index contributed by atoms with van der Waals surface area (Å²) < 4.78 is 0. The van der Waals surface area contributed by atoms with E-state index in [2.05, 4.69) is 34.7 Å². The number of para-hydroxylation sites is 1. The predicted octanol–water partition coefficient (Wildman–Crippen LogP) is 4.50. The van der Waals surface area contributed by atoms with E-state index in [-0.39, 0.29) is 5.91 Å². The van der Waals surface area contributed by atoms with E-state index in [0.717, 1.165) is 29.8 Å². The minimum Gasteiger partial charge on any atom is -0.361 e. The second kappa shape index (κ2) is 8.02. The van der Waals surface area contributed by atoms with Crippen molar-refractivity contribution in [2.24, 2.45) is 0 Å². The Balaban J connectivity index is 1.38. The van der Waals surface area contributed by atoms with Gasteiger partial charge in [0.2, 0.25) is 5.91 Å². The highest BCUT2D eigenvalue weighted by Gasteiger charge is 2.04. The summed E-state index contributed by atoms with van der Waals surface area (Å²) in [4.78, 5) is 15.2. The SMILES string of the molecule is O=C(CCc1ccc(Cl)cc1)NCCCc1c[nH]c2ccccc12. The Morgan fingerprint density at radius 3 is 2.67 bits per heavy atom. The Kier molecular flexibility index (Phi) is 5.55. The lowest BCUT2D eigenvalue weighted by Crippen LogP contribution is -2.24. The molecule has 2 N–H and O–H groups in total. The number of carbonyl (C=O) groups is 1. The molecular formula is C20H21ClN2O. The van der Waals surface area contributed by atoms with Crippen LogP contribution in [-0.2, 0) is 17.6 Å². The van der Waals surface area contributed by atoms with Gasteiger partial charge in [-0.05, 0) is 48.6 Å². The Morgan fingerprint density at radius 1 is 1.04 bits per heavy atom. The molecular weight excluding hydrogens is 320 g/mol. The molecule has 0 radical (unpaired) electrons. The molecule has 0 atom stereocenters. The van der Waals surface area contributed by atoms with Gasteiger partial charge in [0.25, 0.3) is 0 Å². The quantitative estimate of drug-likeness (QED) is 0.611. The van der Waals surface area contributed by atoms with Crippen LogP contribution in [0.4, 0.5) is 0 Å². The van der Waals surface area contributed by atoms with Crippen molar-refractivity contribution >= 4 is 28.4 Å². The van der Waals surface area contributed by atoms with Crippen molar-refractivity contribution in [3.05, 3.63) is 70.9 Å². The molecule has 0 bridgehead atoms. The van der Waals surface area contributed by atoms with Crippen molar-refractivity contribution in [3.63, 3.8) is 0 Å². The number of H-pyrrole nitrogens is 1. The molecule has 0 fully saturated rings. The van der Waals surface area contributed by atoms with Gasteiger partial charge < -0.3 is 10.3 Å².